The van der Waals surface area contributed by atoms with E-state index in [2.05, 4.69) is 13.8 Å². The molecular weight excluding hydrogens is 502 g/mol. The van der Waals surface area contributed by atoms with Crippen LogP contribution >= 0.6 is 0 Å². The monoisotopic (exact) mass is 549 g/mol. The van der Waals surface area contributed by atoms with Crippen molar-refractivity contribution in [2.75, 3.05) is 0 Å². The van der Waals surface area contributed by atoms with Gasteiger partial charge in [0.1, 0.15) is 6.10 Å². The van der Waals surface area contributed by atoms with Crippen LogP contribution in [0.4, 0.5) is 0 Å². The lowest BCUT2D eigenvalue weighted by molar-refractivity contribution is -0.289. The molecule has 220 valence electrons. The van der Waals surface area contributed by atoms with Gasteiger partial charge in [0.2, 0.25) is 0 Å². The fourth-order valence-corrected chi connectivity index (χ4v) is 9.79. The number of hydrogen-bond donors (Lipinski definition) is 2. The first-order valence-corrected chi connectivity index (χ1v) is 15.0. The largest absolute Gasteiger partial charge is 0.481 e. The molecular formula is C30H47NO8. The predicted octanol–water partition coefficient (Wildman–Crippen LogP) is 4.05. The van der Waals surface area contributed by atoms with Crippen molar-refractivity contribution < 1.29 is 38.4 Å². The number of rotatable bonds is 5. The van der Waals surface area contributed by atoms with E-state index in [0.717, 1.165) is 44.9 Å². The first-order chi connectivity index (χ1) is 18.3. The Hall–Kier alpha value is -1.71. The van der Waals surface area contributed by atoms with E-state index in [1.807, 2.05) is 6.92 Å². The molecule has 1 saturated heterocycles. The highest BCUT2D eigenvalue weighted by molar-refractivity contribution is 5.71. The standard InChI is InChI=1S/C30H47NO8/c1-15-24(37-16(2)32)14-25(38-17(3)33)28(36-15)39-19-12-18-6-7-20-21-8-9-23(27(34)35)29(21,4)11-10-22(20)30(18,5)26(31)13-19/h15,18-26,28H,6-14,31H2,1-5H3,(H,34,35)/t15-,18?,19?,20-,21-,22-,23?,24-,25+,26?,28-,29-,30-/m0/s1. The molecule has 0 spiro atoms. The highest BCUT2D eigenvalue weighted by Gasteiger charge is 2.63. The number of carbonyl (C=O) groups is 3. The van der Waals surface area contributed by atoms with Gasteiger partial charge in [-0.15, -0.1) is 0 Å². The summed E-state index contributed by atoms with van der Waals surface area (Å²) in [4.78, 5) is 35.4. The summed E-state index contributed by atoms with van der Waals surface area (Å²) in [5.74, 6) is 0.227. The van der Waals surface area contributed by atoms with E-state index in [4.69, 9.17) is 24.7 Å². The minimum absolute atomic E-state index is 0.0121. The highest BCUT2D eigenvalue weighted by Crippen LogP contribution is 2.67. The third-order valence-corrected chi connectivity index (χ3v) is 11.7. The predicted molar refractivity (Wildman–Crippen MR) is 141 cm³/mol. The van der Waals surface area contributed by atoms with E-state index < -0.39 is 36.4 Å². The Bertz CT molecular complexity index is 973. The number of carbonyl (C=O) groups excluding carboxylic acids is 2. The second-order valence-corrected chi connectivity index (χ2v) is 13.6. The Balaban J connectivity index is 1.28. The second kappa shape index (κ2) is 10.6. The van der Waals surface area contributed by atoms with Gasteiger partial charge in [0.25, 0.3) is 0 Å². The van der Waals surface area contributed by atoms with E-state index in [-0.39, 0.29) is 35.0 Å². The third kappa shape index (κ3) is 5.01. The fraction of sp³-hybridized carbons (Fsp3) is 0.900. The summed E-state index contributed by atoms with van der Waals surface area (Å²) in [5.41, 5.74) is 6.92. The van der Waals surface area contributed by atoms with Crippen LogP contribution in [0.15, 0.2) is 0 Å². The Morgan fingerprint density at radius 1 is 0.897 bits per heavy atom. The van der Waals surface area contributed by atoms with E-state index in [0.29, 0.717) is 36.5 Å². The van der Waals surface area contributed by atoms with E-state index >= 15 is 0 Å². The van der Waals surface area contributed by atoms with Crippen LogP contribution < -0.4 is 5.73 Å². The molecule has 0 radical (unpaired) electrons. The van der Waals surface area contributed by atoms with Crippen LogP contribution in [0.5, 0.6) is 0 Å². The van der Waals surface area contributed by atoms with Crippen molar-refractivity contribution in [1.29, 1.82) is 0 Å². The number of esters is 2. The van der Waals surface area contributed by atoms with Crippen molar-refractivity contribution in [3.63, 3.8) is 0 Å². The molecule has 5 aliphatic rings. The number of hydrogen-bond acceptors (Lipinski definition) is 8. The molecule has 0 aromatic carbocycles. The maximum Gasteiger partial charge on any atom is 0.307 e. The fourth-order valence-electron chi connectivity index (χ4n) is 9.79. The molecule has 1 heterocycles. The van der Waals surface area contributed by atoms with E-state index in [1.54, 1.807) is 0 Å². The smallest absolute Gasteiger partial charge is 0.307 e. The molecule has 0 aromatic rings. The summed E-state index contributed by atoms with van der Waals surface area (Å²) in [5, 5.41) is 9.90. The van der Waals surface area contributed by atoms with Crippen LogP contribution in [-0.4, -0.2) is 59.8 Å². The maximum absolute atomic E-state index is 12.0. The van der Waals surface area contributed by atoms with E-state index in [9.17, 15) is 19.5 Å². The van der Waals surface area contributed by atoms with Crippen LogP contribution in [0.25, 0.3) is 0 Å². The van der Waals surface area contributed by atoms with Crippen LogP contribution in [0.3, 0.4) is 0 Å². The van der Waals surface area contributed by atoms with Crippen molar-refractivity contribution in [2.24, 2.45) is 46.2 Å². The molecule has 0 aromatic heterocycles. The minimum atomic E-state index is -0.740. The molecule has 5 fully saturated rings. The number of fused-ring (bicyclic) bond motifs is 5. The van der Waals surface area contributed by atoms with Crippen LogP contribution in [0, 0.1) is 40.4 Å². The SMILES string of the molecule is CC(=O)O[C@H]1C[C@@H](OC(C)=O)[C@H](OC2CC(N)[C@@]3(C)C(CC[C@@H]4[C@@H]3CC[C@]3(C)C(C(=O)O)CC[C@@H]43)C2)O[C@H]1C. The first kappa shape index (κ1) is 28.8. The lowest BCUT2D eigenvalue weighted by Crippen LogP contribution is -2.62. The Labute approximate surface area is 231 Å². The van der Waals surface area contributed by atoms with E-state index in [1.165, 1.54) is 13.8 Å². The Morgan fingerprint density at radius 3 is 2.26 bits per heavy atom. The lowest BCUT2D eigenvalue weighted by Gasteiger charge is -2.62. The zero-order chi connectivity index (χ0) is 28.3. The van der Waals surface area contributed by atoms with Gasteiger partial charge < -0.3 is 29.8 Å². The summed E-state index contributed by atoms with van der Waals surface area (Å²) in [6.07, 6.45) is 5.49. The number of nitrogens with two attached hydrogens (primary N) is 1. The number of carboxylic acids is 1. The summed E-state index contributed by atoms with van der Waals surface area (Å²) in [6, 6.07) is -0.0444. The zero-order valence-electron chi connectivity index (χ0n) is 24.1. The molecule has 4 aliphatic carbocycles. The van der Waals surface area contributed by atoms with Crippen molar-refractivity contribution in [1.82, 2.24) is 0 Å². The van der Waals surface area contributed by atoms with Gasteiger partial charge in [0.05, 0.1) is 18.1 Å². The number of ether oxygens (including phenoxy) is 4. The van der Waals surface area contributed by atoms with Gasteiger partial charge in [0, 0.05) is 26.3 Å². The van der Waals surface area contributed by atoms with Gasteiger partial charge >= 0.3 is 17.9 Å². The Kier molecular flexibility index (Phi) is 7.83. The highest BCUT2D eigenvalue weighted by atomic mass is 16.7. The molecule has 1 aliphatic heterocycles. The number of carboxylic acid groups (broad SMARTS) is 1. The zero-order valence-corrected chi connectivity index (χ0v) is 24.1. The molecule has 13 atom stereocenters. The van der Waals surface area contributed by atoms with Crippen molar-refractivity contribution in [3.05, 3.63) is 0 Å². The summed E-state index contributed by atoms with van der Waals surface area (Å²) < 4.78 is 23.6. The molecule has 39 heavy (non-hydrogen) atoms. The normalized spacial score (nSPS) is 49.2. The molecule has 5 rings (SSSR count). The first-order valence-electron chi connectivity index (χ1n) is 15.0. The van der Waals surface area contributed by atoms with Crippen LogP contribution in [0.1, 0.15) is 92.4 Å². The molecule has 4 saturated carbocycles. The van der Waals surface area contributed by atoms with Crippen molar-refractivity contribution >= 4 is 17.9 Å². The molecule has 9 heteroatoms. The van der Waals surface area contributed by atoms with Gasteiger partial charge in [-0.3, -0.25) is 14.4 Å². The van der Waals surface area contributed by atoms with Gasteiger partial charge in [-0.2, -0.15) is 0 Å². The van der Waals surface area contributed by atoms with Crippen molar-refractivity contribution in [2.45, 2.75) is 129 Å². The Morgan fingerprint density at radius 2 is 1.59 bits per heavy atom. The topological polar surface area (TPSA) is 134 Å². The quantitative estimate of drug-likeness (QED) is 0.385. The molecule has 0 bridgehead atoms. The van der Waals surface area contributed by atoms with Gasteiger partial charge in [0.15, 0.2) is 12.4 Å². The summed E-state index contributed by atoms with van der Waals surface area (Å²) >= 11 is 0. The number of aliphatic carboxylic acids is 1. The maximum atomic E-state index is 12.0. The van der Waals surface area contributed by atoms with Gasteiger partial charge in [-0.1, -0.05) is 13.8 Å². The van der Waals surface area contributed by atoms with Gasteiger partial charge in [-0.25, -0.2) is 0 Å². The average molecular weight is 550 g/mol. The third-order valence-electron chi connectivity index (χ3n) is 11.7. The van der Waals surface area contributed by atoms with Gasteiger partial charge in [-0.05, 0) is 92.8 Å². The van der Waals surface area contributed by atoms with Crippen LogP contribution in [-0.2, 0) is 33.3 Å². The molecule has 0 amide bonds. The lowest BCUT2D eigenvalue weighted by atomic mass is 9.43. The minimum Gasteiger partial charge on any atom is -0.481 e. The molecule has 4 unspecified atom stereocenters. The summed E-state index contributed by atoms with van der Waals surface area (Å²) in [6.45, 7) is 9.17. The molecule has 3 N–H and O–H groups in total. The van der Waals surface area contributed by atoms with Crippen molar-refractivity contribution in [3.8, 4) is 0 Å². The average Bonchev–Trinajstić information content (AvgIpc) is 3.20. The second-order valence-electron chi connectivity index (χ2n) is 13.6. The molecule has 9 nitrogen and oxygen atoms in total. The summed E-state index contributed by atoms with van der Waals surface area (Å²) in [7, 11) is 0. The van der Waals surface area contributed by atoms with Crippen LogP contribution in [0.2, 0.25) is 0 Å².